The Hall–Kier alpha value is -4.58. The van der Waals surface area contributed by atoms with E-state index in [1.807, 2.05) is 63.7 Å². The number of hydrogen-bond donors (Lipinski definition) is 0. The number of benzene rings is 3. The number of rotatable bonds is 2. The smallest absolute Gasteiger partial charge is 0.125 e. The zero-order valence-electron chi connectivity index (χ0n) is 17.8. The Morgan fingerprint density at radius 1 is 0.529 bits per heavy atom. The molecule has 0 N–H and O–H groups in total. The first-order valence-corrected chi connectivity index (χ1v) is 10.9. The molecule has 0 unspecified atom stereocenters. The van der Waals surface area contributed by atoms with E-state index in [9.17, 15) is 8.78 Å². The Kier molecular flexibility index (Phi) is 3.88. The molecule has 0 amide bonds. The van der Waals surface area contributed by atoms with Gasteiger partial charge in [0, 0.05) is 23.0 Å². The Balaban J connectivity index is 1.69. The number of hydrogen-bond acceptors (Lipinski definition) is 2. The van der Waals surface area contributed by atoms with Gasteiger partial charge in [-0.2, -0.15) is 0 Å². The molecular weight excluding hydrogens is 430 g/mol. The highest BCUT2D eigenvalue weighted by atomic mass is 19.1. The van der Waals surface area contributed by atoms with Crippen molar-refractivity contribution >= 4 is 44.0 Å². The maximum Gasteiger partial charge on any atom is 0.125 e. The molecule has 4 nitrogen and oxygen atoms in total. The van der Waals surface area contributed by atoms with Gasteiger partial charge in [0.05, 0.1) is 27.6 Å². The molecule has 4 heterocycles. The van der Waals surface area contributed by atoms with Crippen LogP contribution in [0.15, 0.2) is 97.2 Å². The van der Waals surface area contributed by atoms with Crippen LogP contribution in [-0.2, 0) is 0 Å². The number of nitrogens with zero attached hydrogens (tertiary/aromatic N) is 4. The van der Waals surface area contributed by atoms with Crippen LogP contribution in [-0.4, -0.2) is 19.1 Å². The second kappa shape index (κ2) is 6.96. The van der Waals surface area contributed by atoms with Crippen molar-refractivity contribution in [1.82, 2.24) is 19.1 Å². The van der Waals surface area contributed by atoms with Gasteiger partial charge in [-0.1, -0.05) is 30.3 Å². The predicted molar refractivity (Wildman–Crippen MR) is 131 cm³/mol. The van der Waals surface area contributed by atoms with Crippen LogP contribution >= 0.6 is 0 Å². The molecule has 0 saturated carbocycles. The Labute approximate surface area is 192 Å². The minimum atomic E-state index is -0.320. The summed E-state index contributed by atoms with van der Waals surface area (Å²) < 4.78 is 32.4. The summed E-state index contributed by atoms with van der Waals surface area (Å²) in [6, 6.07) is 26.8. The molecule has 0 bridgehead atoms. The van der Waals surface area contributed by atoms with Crippen molar-refractivity contribution < 1.29 is 8.78 Å². The van der Waals surface area contributed by atoms with E-state index in [0.29, 0.717) is 11.4 Å². The van der Waals surface area contributed by atoms with Crippen molar-refractivity contribution in [3.05, 3.63) is 109 Å². The highest BCUT2D eigenvalue weighted by Crippen LogP contribution is 2.36. The molecule has 3 aromatic carbocycles. The minimum Gasteiger partial charge on any atom is -0.307 e. The molecule has 0 spiro atoms. The first-order valence-electron chi connectivity index (χ1n) is 10.9. The second-order valence-corrected chi connectivity index (χ2v) is 8.24. The Bertz CT molecular complexity index is 1760. The lowest BCUT2D eigenvalue weighted by Gasteiger charge is -2.09. The van der Waals surface area contributed by atoms with E-state index >= 15 is 0 Å². The van der Waals surface area contributed by atoms with E-state index < -0.39 is 0 Å². The molecule has 4 aromatic heterocycles. The molecule has 34 heavy (non-hydrogen) atoms. The summed E-state index contributed by atoms with van der Waals surface area (Å²) in [5.74, 6) is -0.630. The molecule has 0 fully saturated rings. The average molecular weight is 446 g/mol. The second-order valence-electron chi connectivity index (χ2n) is 8.24. The van der Waals surface area contributed by atoms with Crippen molar-refractivity contribution in [2.45, 2.75) is 0 Å². The van der Waals surface area contributed by atoms with Crippen LogP contribution in [0.1, 0.15) is 0 Å². The third-order valence-corrected chi connectivity index (χ3v) is 6.25. The van der Waals surface area contributed by atoms with Crippen LogP contribution in [0.4, 0.5) is 8.78 Å². The van der Waals surface area contributed by atoms with Gasteiger partial charge in [0.25, 0.3) is 0 Å². The van der Waals surface area contributed by atoms with Crippen LogP contribution in [0.3, 0.4) is 0 Å². The molecule has 162 valence electrons. The lowest BCUT2D eigenvalue weighted by molar-refractivity contribution is 0.626. The highest BCUT2D eigenvalue weighted by molar-refractivity contribution is 6.14. The van der Waals surface area contributed by atoms with E-state index in [1.165, 1.54) is 24.3 Å². The van der Waals surface area contributed by atoms with E-state index in [1.54, 1.807) is 18.3 Å². The summed E-state index contributed by atoms with van der Waals surface area (Å²) >= 11 is 0. The van der Waals surface area contributed by atoms with Crippen molar-refractivity contribution in [3.8, 4) is 11.4 Å². The Morgan fingerprint density at radius 2 is 1.18 bits per heavy atom. The SMILES string of the molecule is Fc1cccc(-n2c3ccccc3c3nc4c5ncccc5n(-c5cccc(F)c5)c4cc32)c1. The first-order chi connectivity index (χ1) is 16.7. The van der Waals surface area contributed by atoms with Gasteiger partial charge in [0.1, 0.15) is 22.7 Å². The monoisotopic (exact) mass is 446 g/mol. The van der Waals surface area contributed by atoms with Gasteiger partial charge in [0.15, 0.2) is 0 Å². The quantitative estimate of drug-likeness (QED) is 0.288. The first kappa shape index (κ1) is 18.9. The molecule has 0 aliphatic carbocycles. The third-order valence-electron chi connectivity index (χ3n) is 6.25. The summed E-state index contributed by atoms with van der Waals surface area (Å²) in [4.78, 5) is 9.69. The van der Waals surface area contributed by atoms with Crippen molar-refractivity contribution in [2.24, 2.45) is 0 Å². The molecule has 0 aliphatic heterocycles. The van der Waals surface area contributed by atoms with Crippen LogP contribution in [0.2, 0.25) is 0 Å². The molecule has 0 radical (unpaired) electrons. The normalized spacial score (nSPS) is 11.8. The van der Waals surface area contributed by atoms with Gasteiger partial charge in [-0.3, -0.25) is 4.98 Å². The molecule has 6 heteroatoms. The summed E-state index contributed by atoms with van der Waals surface area (Å²) in [7, 11) is 0. The molecule has 0 atom stereocenters. The third kappa shape index (κ3) is 2.62. The summed E-state index contributed by atoms with van der Waals surface area (Å²) in [5.41, 5.74) is 7.06. The van der Waals surface area contributed by atoms with E-state index in [0.717, 1.165) is 44.0 Å². The van der Waals surface area contributed by atoms with Gasteiger partial charge in [-0.25, -0.2) is 13.8 Å². The Morgan fingerprint density at radius 3 is 1.91 bits per heavy atom. The van der Waals surface area contributed by atoms with Gasteiger partial charge < -0.3 is 9.13 Å². The van der Waals surface area contributed by atoms with E-state index in [-0.39, 0.29) is 11.6 Å². The maximum atomic E-state index is 14.2. The van der Waals surface area contributed by atoms with Gasteiger partial charge >= 0.3 is 0 Å². The van der Waals surface area contributed by atoms with E-state index in [4.69, 9.17) is 4.98 Å². The summed E-state index contributed by atoms with van der Waals surface area (Å²) in [5, 5.41) is 0.964. The zero-order valence-corrected chi connectivity index (χ0v) is 17.8. The minimum absolute atomic E-state index is 0.310. The zero-order chi connectivity index (χ0) is 22.8. The predicted octanol–water partition coefficient (Wildman–Crippen LogP) is 6.95. The van der Waals surface area contributed by atoms with Gasteiger partial charge in [-0.05, 0) is 60.7 Å². The summed E-state index contributed by atoms with van der Waals surface area (Å²) in [6.07, 6.45) is 1.74. The number of aromatic nitrogens is 4. The highest BCUT2D eigenvalue weighted by Gasteiger charge is 2.20. The molecule has 7 aromatic rings. The van der Waals surface area contributed by atoms with Crippen LogP contribution in [0.5, 0.6) is 0 Å². The number of para-hydroxylation sites is 1. The number of halogens is 2. The average Bonchev–Trinajstić information content (AvgIpc) is 3.35. The van der Waals surface area contributed by atoms with Crippen molar-refractivity contribution in [1.29, 1.82) is 0 Å². The van der Waals surface area contributed by atoms with Crippen molar-refractivity contribution in [2.75, 3.05) is 0 Å². The summed E-state index contributed by atoms with van der Waals surface area (Å²) in [6.45, 7) is 0. The van der Waals surface area contributed by atoms with Gasteiger partial charge in [-0.15, -0.1) is 0 Å². The standard InChI is InChI=1S/C28H16F2N4/c29-17-6-3-8-19(14-17)33-22-11-2-1-10-21(22)26-24(33)16-25-28(32-26)27-23(12-5-13-31-27)34(25)20-9-4-7-18(30)15-20/h1-16H. The van der Waals surface area contributed by atoms with Gasteiger partial charge in [0.2, 0.25) is 0 Å². The largest absolute Gasteiger partial charge is 0.307 e. The lowest BCUT2D eigenvalue weighted by Crippen LogP contribution is -1.97. The molecule has 0 aliphatic rings. The van der Waals surface area contributed by atoms with Crippen LogP contribution < -0.4 is 0 Å². The topological polar surface area (TPSA) is 35.6 Å². The maximum absolute atomic E-state index is 14.2. The number of fused-ring (bicyclic) bond motifs is 6. The molecule has 0 saturated heterocycles. The fourth-order valence-corrected chi connectivity index (χ4v) is 4.88. The molecule has 7 rings (SSSR count). The lowest BCUT2D eigenvalue weighted by atomic mass is 10.2. The van der Waals surface area contributed by atoms with E-state index in [2.05, 4.69) is 4.98 Å². The van der Waals surface area contributed by atoms with Crippen LogP contribution in [0, 0.1) is 11.6 Å². The fraction of sp³-hybridized carbons (Fsp3) is 0. The fourth-order valence-electron chi connectivity index (χ4n) is 4.88. The van der Waals surface area contributed by atoms with Crippen molar-refractivity contribution in [3.63, 3.8) is 0 Å². The van der Waals surface area contributed by atoms with Crippen LogP contribution in [0.25, 0.3) is 55.4 Å². The number of pyridine rings is 2. The molecular formula is C28H16F2N4.